The zero-order valence-corrected chi connectivity index (χ0v) is 15.5. The lowest BCUT2D eigenvalue weighted by Crippen LogP contribution is -2.19. The number of nitro groups is 1. The maximum Gasteiger partial charge on any atom is 0.269 e. The van der Waals surface area contributed by atoms with E-state index < -0.39 is 4.92 Å². The standard InChI is InChI=1S/C22H19N3O4/c26-22(14-17-6-10-20(11-7-17)25(27)28)24-23-15-18-8-12-21(13-9-18)29-16-19-4-2-1-3-5-19/h1-13,15H,14,16H2,(H,24,26)/b23-15-. The molecule has 146 valence electrons. The monoisotopic (exact) mass is 389 g/mol. The van der Waals surface area contributed by atoms with Gasteiger partial charge in [0.25, 0.3) is 5.69 Å². The van der Waals surface area contributed by atoms with Crippen LogP contribution in [-0.4, -0.2) is 17.0 Å². The van der Waals surface area contributed by atoms with Crippen LogP contribution in [0.3, 0.4) is 0 Å². The van der Waals surface area contributed by atoms with Gasteiger partial charge in [0.2, 0.25) is 5.91 Å². The van der Waals surface area contributed by atoms with E-state index >= 15 is 0 Å². The predicted octanol–water partition coefficient (Wildman–Crippen LogP) is 3.87. The lowest BCUT2D eigenvalue weighted by atomic mass is 10.1. The molecule has 7 nitrogen and oxygen atoms in total. The first kappa shape index (κ1) is 19.8. The lowest BCUT2D eigenvalue weighted by Gasteiger charge is -2.06. The average Bonchev–Trinajstić information content (AvgIpc) is 2.74. The fraction of sp³-hybridized carbons (Fsp3) is 0.0909. The summed E-state index contributed by atoms with van der Waals surface area (Å²) in [5.74, 6) is 0.436. The zero-order chi connectivity index (χ0) is 20.5. The predicted molar refractivity (Wildman–Crippen MR) is 110 cm³/mol. The summed E-state index contributed by atoms with van der Waals surface area (Å²) in [6, 6.07) is 23.1. The number of nitrogens with zero attached hydrogens (tertiary/aromatic N) is 2. The number of carbonyl (C=O) groups excluding carboxylic acids is 1. The molecule has 0 aliphatic rings. The first-order chi connectivity index (χ1) is 14.1. The molecule has 0 aromatic heterocycles. The Kier molecular flexibility index (Phi) is 6.67. The Morgan fingerprint density at radius 1 is 0.966 bits per heavy atom. The zero-order valence-electron chi connectivity index (χ0n) is 15.5. The van der Waals surface area contributed by atoms with Crippen LogP contribution in [0.1, 0.15) is 16.7 Å². The second-order valence-corrected chi connectivity index (χ2v) is 6.24. The van der Waals surface area contributed by atoms with Crippen LogP contribution in [-0.2, 0) is 17.8 Å². The van der Waals surface area contributed by atoms with Gasteiger partial charge in [0.15, 0.2) is 0 Å². The van der Waals surface area contributed by atoms with Gasteiger partial charge >= 0.3 is 0 Å². The van der Waals surface area contributed by atoms with Gasteiger partial charge in [-0.15, -0.1) is 0 Å². The van der Waals surface area contributed by atoms with Crippen LogP contribution in [0.25, 0.3) is 0 Å². The van der Waals surface area contributed by atoms with E-state index in [0.717, 1.165) is 16.9 Å². The van der Waals surface area contributed by atoms with E-state index in [4.69, 9.17) is 4.74 Å². The molecular weight excluding hydrogens is 370 g/mol. The molecule has 0 spiro atoms. The van der Waals surface area contributed by atoms with Gasteiger partial charge < -0.3 is 4.74 Å². The van der Waals surface area contributed by atoms with Gasteiger partial charge in [0.05, 0.1) is 17.6 Å². The summed E-state index contributed by atoms with van der Waals surface area (Å²) in [6.07, 6.45) is 1.62. The number of nitro benzene ring substituents is 1. The number of rotatable bonds is 8. The van der Waals surface area contributed by atoms with Crippen molar-refractivity contribution >= 4 is 17.8 Å². The summed E-state index contributed by atoms with van der Waals surface area (Å²) in [6.45, 7) is 0.493. The molecule has 0 saturated carbocycles. The molecule has 3 aromatic rings. The van der Waals surface area contributed by atoms with Gasteiger partial charge in [0.1, 0.15) is 12.4 Å². The summed E-state index contributed by atoms with van der Waals surface area (Å²) in [4.78, 5) is 22.1. The number of nitrogens with one attached hydrogen (secondary N) is 1. The first-order valence-corrected chi connectivity index (χ1v) is 8.92. The molecule has 0 unspecified atom stereocenters. The van der Waals surface area contributed by atoms with Gasteiger partial charge in [-0.1, -0.05) is 42.5 Å². The van der Waals surface area contributed by atoms with E-state index in [1.807, 2.05) is 54.6 Å². The Balaban J connectivity index is 1.45. The van der Waals surface area contributed by atoms with Gasteiger partial charge in [-0.25, -0.2) is 5.43 Å². The smallest absolute Gasteiger partial charge is 0.269 e. The molecule has 1 N–H and O–H groups in total. The van der Waals surface area contributed by atoms with Crippen LogP contribution >= 0.6 is 0 Å². The number of benzene rings is 3. The summed E-state index contributed by atoms with van der Waals surface area (Å²) in [5.41, 5.74) is 5.01. The summed E-state index contributed by atoms with van der Waals surface area (Å²) in [5, 5.41) is 14.6. The second-order valence-electron chi connectivity index (χ2n) is 6.24. The highest BCUT2D eigenvalue weighted by molar-refractivity contribution is 5.83. The summed E-state index contributed by atoms with van der Waals surface area (Å²) >= 11 is 0. The summed E-state index contributed by atoms with van der Waals surface area (Å²) in [7, 11) is 0. The number of hydrogen-bond acceptors (Lipinski definition) is 5. The van der Waals surface area contributed by atoms with Crippen molar-refractivity contribution in [2.75, 3.05) is 0 Å². The highest BCUT2D eigenvalue weighted by Crippen LogP contribution is 2.14. The molecule has 1 amide bonds. The van der Waals surface area contributed by atoms with E-state index in [1.54, 1.807) is 12.1 Å². The number of hydrogen-bond donors (Lipinski definition) is 1. The molecule has 0 aliphatic heterocycles. The Morgan fingerprint density at radius 3 is 2.31 bits per heavy atom. The Bertz CT molecular complexity index is 985. The maximum atomic E-state index is 11.9. The number of non-ortho nitro benzene ring substituents is 1. The number of amides is 1. The van der Waals surface area contributed by atoms with Gasteiger partial charge in [0, 0.05) is 12.1 Å². The van der Waals surface area contributed by atoms with E-state index in [-0.39, 0.29) is 18.0 Å². The molecule has 0 aliphatic carbocycles. The Hall–Kier alpha value is -4.00. The van der Waals surface area contributed by atoms with Crippen molar-refractivity contribution < 1.29 is 14.5 Å². The molecular formula is C22H19N3O4. The van der Waals surface area contributed by atoms with Crippen LogP contribution in [0.4, 0.5) is 5.69 Å². The quantitative estimate of drug-likeness (QED) is 0.359. The topological polar surface area (TPSA) is 93.8 Å². The largest absolute Gasteiger partial charge is 0.489 e. The van der Waals surface area contributed by atoms with Gasteiger partial charge in [-0.2, -0.15) is 5.10 Å². The van der Waals surface area contributed by atoms with Crippen molar-refractivity contribution in [2.24, 2.45) is 5.10 Å². The van der Waals surface area contributed by atoms with E-state index in [2.05, 4.69) is 10.5 Å². The normalized spacial score (nSPS) is 10.6. The third kappa shape index (κ3) is 6.28. The molecule has 0 fully saturated rings. The molecule has 0 saturated heterocycles. The van der Waals surface area contributed by atoms with Crippen LogP contribution in [0.2, 0.25) is 0 Å². The van der Waals surface area contributed by atoms with Crippen LogP contribution in [0, 0.1) is 10.1 Å². The van der Waals surface area contributed by atoms with Crippen molar-refractivity contribution in [2.45, 2.75) is 13.0 Å². The average molecular weight is 389 g/mol. The maximum absolute atomic E-state index is 11.9. The first-order valence-electron chi connectivity index (χ1n) is 8.92. The molecule has 29 heavy (non-hydrogen) atoms. The molecule has 0 radical (unpaired) electrons. The van der Waals surface area contributed by atoms with E-state index in [9.17, 15) is 14.9 Å². The molecule has 0 bridgehead atoms. The SMILES string of the molecule is O=C(Cc1ccc([N+](=O)[O-])cc1)N/N=C\c1ccc(OCc2ccccc2)cc1. The molecule has 3 rings (SSSR count). The number of hydrazone groups is 1. The van der Waals surface area contributed by atoms with E-state index in [1.165, 1.54) is 18.3 Å². The van der Waals surface area contributed by atoms with Crippen molar-refractivity contribution in [3.05, 3.63) is 106 Å². The lowest BCUT2D eigenvalue weighted by molar-refractivity contribution is -0.384. The Labute approximate surface area is 167 Å². The van der Waals surface area contributed by atoms with Crippen LogP contribution < -0.4 is 10.2 Å². The molecule has 0 atom stereocenters. The van der Waals surface area contributed by atoms with Crippen molar-refractivity contribution in [3.63, 3.8) is 0 Å². The highest BCUT2D eigenvalue weighted by Gasteiger charge is 2.06. The van der Waals surface area contributed by atoms with E-state index in [0.29, 0.717) is 12.2 Å². The van der Waals surface area contributed by atoms with Gasteiger partial charge in [-0.05, 0) is 41.0 Å². The third-order valence-electron chi connectivity index (χ3n) is 4.04. The third-order valence-corrected chi connectivity index (χ3v) is 4.04. The van der Waals surface area contributed by atoms with Crippen molar-refractivity contribution in [1.82, 2.24) is 5.43 Å². The highest BCUT2D eigenvalue weighted by atomic mass is 16.6. The second kappa shape index (κ2) is 9.80. The number of ether oxygens (including phenoxy) is 1. The minimum Gasteiger partial charge on any atom is -0.489 e. The fourth-order valence-electron chi connectivity index (χ4n) is 2.53. The van der Waals surface area contributed by atoms with Crippen molar-refractivity contribution in [1.29, 1.82) is 0 Å². The minimum atomic E-state index is -0.480. The van der Waals surface area contributed by atoms with Crippen molar-refractivity contribution in [3.8, 4) is 5.75 Å². The van der Waals surface area contributed by atoms with Crippen LogP contribution in [0.15, 0.2) is 84.0 Å². The number of carbonyl (C=O) groups is 1. The molecule has 3 aromatic carbocycles. The van der Waals surface area contributed by atoms with Crippen LogP contribution in [0.5, 0.6) is 5.75 Å². The Morgan fingerprint density at radius 2 is 1.66 bits per heavy atom. The minimum absolute atomic E-state index is 0.0108. The van der Waals surface area contributed by atoms with Gasteiger partial charge in [-0.3, -0.25) is 14.9 Å². The fourth-order valence-corrected chi connectivity index (χ4v) is 2.53. The summed E-state index contributed by atoms with van der Waals surface area (Å²) < 4.78 is 5.72. The molecule has 0 heterocycles. The molecule has 7 heteroatoms.